The summed E-state index contributed by atoms with van der Waals surface area (Å²) in [6.07, 6.45) is 3.87. The summed E-state index contributed by atoms with van der Waals surface area (Å²) in [5, 5.41) is 0. The number of piperidine rings is 1. The molecule has 2 rings (SSSR count). The van der Waals surface area contributed by atoms with Gasteiger partial charge in [0.2, 0.25) is 5.91 Å². The number of carbonyl (C=O) groups is 1. The van der Waals surface area contributed by atoms with Crippen molar-refractivity contribution in [3.8, 4) is 11.5 Å². The van der Waals surface area contributed by atoms with E-state index >= 15 is 0 Å². The lowest BCUT2D eigenvalue weighted by Gasteiger charge is -2.33. The molecule has 110 valence electrons. The van der Waals surface area contributed by atoms with E-state index in [0.717, 1.165) is 24.9 Å². The maximum Gasteiger partial charge on any atom is 0.227 e. The van der Waals surface area contributed by atoms with Crippen LogP contribution in [-0.4, -0.2) is 37.6 Å². The summed E-state index contributed by atoms with van der Waals surface area (Å²) in [5.41, 5.74) is 0.963. The molecule has 0 aliphatic carbocycles. The van der Waals surface area contributed by atoms with Gasteiger partial charge in [-0.05, 0) is 43.9 Å². The van der Waals surface area contributed by atoms with Crippen LogP contribution in [0, 0.1) is 0 Å². The SMILES string of the molecule is COc1ccc(CC(=O)N2CCCC[C@@H]2C)cc1OC. The number of amides is 1. The Bertz CT molecular complexity index is 473. The molecule has 1 amide bonds. The summed E-state index contributed by atoms with van der Waals surface area (Å²) in [5.74, 6) is 1.56. The van der Waals surface area contributed by atoms with Gasteiger partial charge in [0, 0.05) is 12.6 Å². The number of nitrogens with zero attached hydrogens (tertiary/aromatic N) is 1. The zero-order valence-electron chi connectivity index (χ0n) is 12.5. The van der Waals surface area contributed by atoms with E-state index in [4.69, 9.17) is 9.47 Å². The van der Waals surface area contributed by atoms with Crippen LogP contribution in [0.2, 0.25) is 0 Å². The summed E-state index contributed by atoms with van der Waals surface area (Å²) in [6.45, 7) is 3.01. The van der Waals surface area contributed by atoms with Crippen LogP contribution in [0.3, 0.4) is 0 Å². The molecule has 0 unspecified atom stereocenters. The van der Waals surface area contributed by atoms with Gasteiger partial charge in [-0.2, -0.15) is 0 Å². The van der Waals surface area contributed by atoms with Crippen LogP contribution >= 0.6 is 0 Å². The van der Waals surface area contributed by atoms with Gasteiger partial charge in [-0.3, -0.25) is 4.79 Å². The number of hydrogen-bond donors (Lipinski definition) is 0. The Morgan fingerprint density at radius 1 is 1.25 bits per heavy atom. The van der Waals surface area contributed by atoms with Crippen LogP contribution in [0.15, 0.2) is 18.2 Å². The second-order valence-electron chi connectivity index (χ2n) is 5.30. The Hall–Kier alpha value is -1.71. The molecular weight excluding hydrogens is 254 g/mol. The summed E-state index contributed by atoms with van der Waals surface area (Å²) in [7, 11) is 3.22. The zero-order chi connectivity index (χ0) is 14.5. The Labute approximate surface area is 120 Å². The van der Waals surface area contributed by atoms with E-state index in [1.54, 1.807) is 14.2 Å². The first-order valence-corrected chi connectivity index (χ1v) is 7.16. The fourth-order valence-corrected chi connectivity index (χ4v) is 2.74. The fourth-order valence-electron chi connectivity index (χ4n) is 2.74. The van der Waals surface area contributed by atoms with Gasteiger partial charge in [0.1, 0.15) is 0 Å². The molecular formula is C16H23NO3. The molecule has 0 aromatic heterocycles. The fraction of sp³-hybridized carbons (Fsp3) is 0.562. The van der Waals surface area contributed by atoms with E-state index < -0.39 is 0 Å². The van der Waals surface area contributed by atoms with Crippen molar-refractivity contribution in [2.24, 2.45) is 0 Å². The minimum atomic E-state index is 0.199. The van der Waals surface area contributed by atoms with Gasteiger partial charge in [0.05, 0.1) is 20.6 Å². The van der Waals surface area contributed by atoms with E-state index in [9.17, 15) is 4.79 Å². The van der Waals surface area contributed by atoms with Crippen molar-refractivity contribution in [1.29, 1.82) is 0 Å². The molecule has 1 aromatic rings. The molecule has 0 bridgehead atoms. The third kappa shape index (κ3) is 3.24. The van der Waals surface area contributed by atoms with E-state index in [1.165, 1.54) is 6.42 Å². The van der Waals surface area contributed by atoms with Crippen LogP contribution in [0.4, 0.5) is 0 Å². The minimum Gasteiger partial charge on any atom is -0.493 e. The molecule has 0 saturated carbocycles. The first kappa shape index (κ1) is 14.7. The average molecular weight is 277 g/mol. The van der Waals surface area contributed by atoms with Gasteiger partial charge < -0.3 is 14.4 Å². The molecule has 4 heteroatoms. The number of carbonyl (C=O) groups excluding carboxylic acids is 1. The van der Waals surface area contributed by atoms with Gasteiger partial charge in [-0.1, -0.05) is 6.07 Å². The summed E-state index contributed by atoms with van der Waals surface area (Å²) < 4.78 is 10.5. The van der Waals surface area contributed by atoms with Gasteiger partial charge >= 0.3 is 0 Å². The predicted molar refractivity (Wildman–Crippen MR) is 78.3 cm³/mol. The second-order valence-corrected chi connectivity index (χ2v) is 5.30. The minimum absolute atomic E-state index is 0.199. The molecule has 0 spiro atoms. The van der Waals surface area contributed by atoms with Crippen molar-refractivity contribution >= 4 is 5.91 Å². The number of methoxy groups -OCH3 is 2. The number of ether oxygens (including phenoxy) is 2. The molecule has 1 heterocycles. The molecule has 1 atom stereocenters. The van der Waals surface area contributed by atoms with Crippen molar-refractivity contribution in [3.63, 3.8) is 0 Å². The number of benzene rings is 1. The van der Waals surface area contributed by atoms with E-state index in [-0.39, 0.29) is 5.91 Å². The van der Waals surface area contributed by atoms with Crippen molar-refractivity contribution in [3.05, 3.63) is 23.8 Å². The third-order valence-electron chi connectivity index (χ3n) is 3.93. The Morgan fingerprint density at radius 3 is 2.65 bits per heavy atom. The maximum atomic E-state index is 12.4. The van der Waals surface area contributed by atoms with E-state index in [2.05, 4.69) is 6.92 Å². The van der Waals surface area contributed by atoms with Crippen LogP contribution in [0.25, 0.3) is 0 Å². The Kier molecular flexibility index (Phi) is 4.88. The highest BCUT2D eigenvalue weighted by atomic mass is 16.5. The molecule has 20 heavy (non-hydrogen) atoms. The smallest absolute Gasteiger partial charge is 0.227 e. The summed E-state index contributed by atoms with van der Waals surface area (Å²) in [4.78, 5) is 14.4. The van der Waals surface area contributed by atoms with Crippen LogP contribution in [0.5, 0.6) is 11.5 Å². The largest absolute Gasteiger partial charge is 0.493 e. The monoisotopic (exact) mass is 277 g/mol. The van der Waals surface area contributed by atoms with E-state index in [1.807, 2.05) is 23.1 Å². The molecule has 1 aromatic carbocycles. The average Bonchev–Trinajstić information content (AvgIpc) is 2.47. The van der Waals surface area contributed by atoms with Crippen LogP contribution in [-0.2, 0) is 11.2 Å². The molecule has 1 aliphatic heterocycles. The molecule has 1 aliphatic rings. The number of hydrogen-bond acceptors (Lipinski definition) is 3. The standard InChI is InChI=1S/C16H23NO3/c1-12-6-4-5-9-17(12)16(18)11-13-7-8-14(19-2)15(10-13)20-3/h7-8,10,12H,4-6,9,11H2,1-3H3/t12-/m0/s1. The normalized spacial score (nSPS) is 18.8. The van der Waals surface area contributed by atoms with Gasteiger partial charge in [0.25, 0.3) is 0 Å². The number of rotatable bonds is 4. The first-order chi connectivity index (χ1) is 9.65. The molecule has 1 saturated heterocycles. The predicted octanol–water partition coefficient (Wildman–Crippen LogP) is 2.65. The van der Waals surface area contributed by atoms with Gasteiger partial charge in [-0.15, -0.1) is 0 Å². The van der Waals surface area contributed by atoms with Gasteiger partial charge in [0.15, 0.2) is 11.5 Å². The van der Waals surface area contributed by atoms with Crippen LogP contribution < -0.4 is 9.47 Å². The lowest BCUT2D eigenvalue weighted by atomic mass is 10.0. The van der Waals surface area contributed by atoms with Crippen molar-refractivity contribution < 1.29 is 14.3 Å². The second kappa shape index (κ2) is 6.64. The topological polar surface area (TPSA) is 38.8 Å². The van der Waals surface area contributed by atoms with Crippen molar-refractivity contribution in [2.75, 3.05) is 20.8 Å². The molecule has 0 radical (unpaired) electrons. The van der Waals surface area contributed by atoms with Crippen molar-refractivity contribution in [2.45, 2.75) is 38.6 Å². The van der Waals surface area contributed by atoms with E-state index in [0.29, 0.717) is 24.0 Å². The highest BCUT2D eigenvalue weighted by Crippen LogP contribution is 2.28. The maximum absolute atomic E-state index is 12.4. The highest BCUT2D eigenvalue weighted by molar-refractivity contribution is 5.79. The van der Waals surface area contributed by atoms with Crippen molar-refractivity contribution in [1.82, 2.24) is 4.90 Å². The third-order valence-corrected chi connectivity index (χ3v) is 3.93. The molecule has 1 fully saturated rings. The van der Waals surface area contributed by atoms with Gasteiger partial charge in [-0.25, -0.2) is 0 Å². The quantitative estimate of drug-likeness (QED) is 0.849. The Balaban J connectivity index is 2.07. The summed E-state index contributed by atoms with van der Waals surface area (Å²) in [6, 6.07) is 6.01. The summed E-state index contributed by atoms with van der Waals surface area (Å²) >= 11 is 0. The van der Waals surface area contributed by atoms with Crippen LogP contribution in [0.1, 0.15) is 31.7 Å². The first-order valence-electron chi connectivity index (χ1n) is 7.16. The Morgan fingerprint density at radius 2 is 2.00 bits per heavy atom. The highest BCUT2D eigenvalue weighted by Gasteiger charge is 2.23. The number of likely N-dealkylation sites (tertiary alicyclic amines) is 1. The lowest BCUT2D eigenvalue weighted by Crippen LogP contribution is -2.42. The zero-order valence-corrected chi connectivity index (χ0v) is 12.5. The molecule has 0 N–H and O–H groups in total. The molecule has 4 nitrogen and oxygen atoms in total. The lowest BCUT2D eigenvalue weighted by molar-refractivity contribution is -0.133.